The summed E-state index contributed by atoms with van der Waals surface area (Å²) in [6, 6.07) is 13.9. The van der Waals surface area contributed by atoms with Crippen LogP contribution in [0.5, 0.6) is 0 Å². The fraction of sp³-hybridized carbons (Fsp3) is 0.0588. The number of nitrogens with one attached hydrogen (secondary N) is 2. The molecule has 3 aromatic rings. The minimum absolute atomic E-state index is 0.264. The quantitative estimate of drug-likeness (QED) is 0.694. The molecule has 6 nitrogen and oxygen atoms in total. The summed E-state index contributed by atoms with van der Waals surface area (Å²) < 4.78 is 1.93. The van der Waals surface area contributed by atoms with Crippen LogP contribution in [0.15, 0.2) is 54.7 Å². The first-order valence-corrected chi connectivity index (χ1v) is 7.07. The summed E-state index contributed by atoms with van der Waals surface area (Å²) in [5.74, 6) is -0.592. The van der Waals surface area contributed by atoms with Crippen LogP contribution in [0, 0.1) is 0 Å². The van der Waals surface area contributed by atoms with Crippen molar-refractivity contribution in [2.75, 3.05) is 10.6 Å². The maximum absolute atomic E-state index is 12.2. The van der Waals surface area contributed by atoms with Crippen LogP contribution < -0.4 is 16.4 Å². The lowest BCUT2D eigenvalue weighted by Gasteiger charge is -2.09. The number of urea groups is 1. The molecule has 23 heavy (non-hydrogen) atoms. The number of carbonyl (C=O) groups is 2. The lowest BCUT2D eigenvalue weighted by molar-refractivity contribution is 0.100. The fourth-order valence-corrected chi connectivity index (χ4v) is 2.52. The van der Waals surface area contributed by atoms with Gasteiger partial charge >= 0.3 is 6.03 Å². The summed E-state index contributed by atoms with van der Waals surface area (Å²) in [6.45, 7) is 0. The summed E-state index contributed by atoms with van der Waals surface area (Å²) in [7, 11) is 1.91. The van der Waals surface area contributed by atoms with Crippen molar-refractivity contribution in [1.29, 1.82) is 0 Å². The van der Waals surface area contributed by atoms with Gasteiger partial charge in [0.25, 0.3) is 5.91 Å². The topological polar surface area (TPSA) is 89.2 Å². The second-order valence-corrected chi connectivity index (χ2v) is 5.16. The molecule has 0 bridgehead atoms. The van der Waals surface area contributed by atoms with Crippen LogP contribution in [0.2, 0.25) is 0 Å². The van der Waals surface area contributed by atoms with E-state index in [1.807, 2.05) is 42.1 Å². The number of aromatic nitrogens is 1. The molecular formula is C17H16N4O2. The van der Waals surface area contributed by atoms with E-state index in [1.54, 1.807) is 24.3 Å². The van der Waals surface area contributed by atoms with Crippen molar-refractivity contribution >= 4 is 34.2 Å². The highest BCUT2D eigenvalue weighted by molar-refractivity contribution is 6.09. The molecule has 0 atom stereocenters. The van der Waals surface area contributed by atoms with Gasteiger partial charge in [0, 0.05) is 24.1 Å². The Morgan fingerprint density at radius 1 is 0.957 bits per heavy atom. The van der Waals surface area contributed by atoms with Gasteiger partial charge in [-0.25, -0.2) is 4.79 Å². The Labute approximate surface area is 132 Å². The molecule has 1 heterocycles. The highest BCUT2D eigenvalue weighted by Gasteiger charge is 2.12. The van der Waals surface area contributed by atoms with Gasteiger partial charge in [-0.2, -0.15) is 0 Å². The Kier molecular flexibility index (Phi) is 3.72. The van der Waals surface area contributed by atoms with E-state index in [-0.39, 0.29) is 5.56 Å². The smallest absolute Gasteiger partial charge is 0.323 e. The number of hydrogen-bond acceptors (Lipinski definition) is 2. The molecular weight excluding hydrogens is 292 g/mol. The largest absolute Gasteiger partial charge is 0.366 e. The first kappa shape index (κ1) is 14.6. The molecule has 0 aliphatic heterocycles. The average Bonchev–Trinajstić information content (AvgIpc) is 2.84. The van der Waals surface area contributed by atoms with Gasteiger partial charge in [0.05, 0.1) is 16.9 Å². The van der Waals surface area contributed by atoms with Crippen LogP contribution in [0.3, 0.4) is 0 Å². The Balaban J connectivity index is 1.84. The van der Waals surface area contributed by atoms with Crippen molar-refractivity contribution in [3.63, 3.8) is 0 Å². The van der Waals surface area contributed by atoms with E-state index >= 15 is 0 Å². The van der Waals surface area contributed by atoms with Crippen LogP contribution in [0.1, 0.15) is 10.4 Å². The number of nitrogens with two attached hydrogens (primary N) is 1. The van der Waals surface area contributed by atoms with Crippen molar-refractivity contribution in [2.45, 2.75) is 0 Å². The zero-order valence-corrected chi connectivity index (χ0v) is 12.5. The van der Waals surface area contributed by atoms with Crippen LogP contribution in [-0.4, -0.2) is 16.5 Å². The van der Waals surface area contributed by atoms with Gasteiger partial charge in [-0.3, -0.25) is 4.79 Å². The molecule has 0 unspecified atom stereocenters. The molecule has 116 valence electrons. The van der Waals surface area contributed by atoms with Gasteiger partial charge in [0.15, 0.2) is 0 Å². The average molecular weight is 308 g/mol. The summed E-state index contributed by atoms with van der Waals surface area (Å²) in [5.41, 5.74) is 7.65. The lowest BCUT2D eigenvalue weighted by atomic mass is 10.1. The van der Waals surface area contributed by atoms with Crippen LogP contribution in [0.4, 0.5) is 16.2 Å². The van der Waals surface area contributed by atoms with Crippen molar-refractivity contribution in [2.24, 2.45) is 12.8 Å². The molecule has 0 aliphatic carbocycles. The molecule has 0 saturated carbocycles. The predicted molar refractivity (Wildman–Crippen MR) is 90.5 cm³/mol. The summed E-state index contributed by atoms with van der Waals surface area (Å²) in [5, 5.41) is 6.39. The van der Waals surface area contributed by atoms with Crippen molar-refractivity contribution in [1.82, 2.24) is 4.57 Å². The van der Waals surface area contributed by atoms with E-state index in [0.717, 1.165) is 10.9 Å². The number of carbonyl (C=O) groups excluding carboxylic acids is 2. The first-order chi connectivity index (χ1) is 11.1. The Bertz CT molecular complexity index is 898. The second kappa shape index (κ2) is 5.84. The van der Waals surface area contributed by atoms with Crippen molar-refractivity contribution < 1.29 is 9.59 Å². The van der Waals surface area contributed by atoms with Crippen molar-refractivity contribution in [3.05, 3.63) is 60.3 Å². The number of nitrogens with zero attached hydrogens (tertiary/aromatic N) is 1. The van der Waals surface area contributed by atoms with E-state index in [4.69, 9.17) is 5.73 Å². The molecule has 0 fully saturated rings. The van der Waals surface area contributed by atoms with Crippen LogP contribution in [0.25, 0.3) is 10.9 Å². The third kappa shape index (κ3) is 2.87. The third-order valence-corrected chi connectivity index (χ3v) is 3.59. The molecule has 0 aliphatic rings. The summed E-state index contributed by atoms with van der Waals surface area (Å²) in [6.07, 6.45) is 1.84. The number of anilines is 2. The normalized spacial score (nSPS) is 10.5. The number of amides is 3. The molecule has 3 rings (SSSR count). The number of aryl methyl sites for hydroxylation is 1. The van der Waals surface area contributed by atoms with E-state index in [1.165, 1.54) is 0 Å². The lowest BCUT2D eigenvalue weighted by Crippen LogP contribution is -2.22. The Morgan fingerprint density at radius 2 is 1.61 bits per heavy atom. The molecule has 0 radical (unpaired) electrons. The fourth-order valence-electron chi connectivity index (χ4n) is 2.52. The molecule has 2 aromatic carbocycles. The standard InChI is InChI=1S/C17H16N4O2/c1-21-10-14(11-6-3-5-9-15(11)21)20-17(23)19-13-8-4-2-7-12(13)16(18)22/h2-10H,1H3,(H2,18,22)(H2,19,20,23). The maximum Gasteiger partial charge on any atom is 0.323 e. The molecule has 0 spiro atoms. The van der Waals surface area contributed by atoms with E-state index in [2.05, 4.69) is 10.6 Å². The summed E-state index contributed by atoms with van der Waals surface area (Å²) >= 11 is 0. The first-order valence-electron chi connectivity index (χ1n) is 7.07. The number of para-hydroxylation sites is 2. The Morgan fingerprint density at radius 3 is 2.39 bits per heavy atom. The number of benzene rings is 2. The van der Waals surface area contributed by atoms with Gasteiger partial charge in [0.1, 0.15) is 0 Å². The number of primary amides is 1. The van der Waals surface area contributed by atoms with Gasteiger partial charge in [-0.1, -0.05) is 30.3 Å². The monoisotopic (exact) mass is 308 g/mol. The second-order valence-electron chi connectivity index (χ2n) is 5.16. The molecule has 0 saturated heterocycles. The highest BCUT2D eigenvalue weighted by Crippen LogP contribution is 2.25. The van der Waals surface area contributed by atoms with E-state index < -0.39 is 11.9 Å². The van der Waals surface area contributed by atoms with E-state index in [0.29, 0.717) is 11.4 Å². The van der Waals surface area contributed by atoms with Crippen molar-refractivity contribution in [3.8, 4) is 0 Å². The predicted octanol–water partition coefficient (Wildman–Crippen LogP) is 2.92. The molecule has 3 amide bonds. The summed E-state index contributed by atoms with van der Waals surface area (Å²) in [4.78, 5) is 23.6. The Hall–Kier alpha value is -3.28. The number of hydrogen-bond donors (Lipinski definition) is 3. The van der Waals surface area contributed by atoms with Crippen LogP contribution in [-0.2, 0) is 7.05 Å². The molecule has 4 N–H and O–H groups in total. The zero-order chi connectivity index (χ0) is 16.4. The SMILES string of the molecule is Cn1cc(NC(=O)Nc2ccccc2C(N)=O)c2ccccc21. The molecule has 6 heteroatoms. The minimum atomic E-state index is -0.592. The van der Waals surface area contributed by atoms with Gasteiger partial charge in [0.2, 0.25) is 0 Å². The van der Waals surface area contributed by atoms with E-state index in [9.17, 15) is 9.59 Å². The number of fused-ring (bicyclic) bond motifs is 1. The van der Waals surface area contributed by atoms with Gasteiger partial charge < -0.3 is 20.9 Å². The van der Waals surface area contributed by atoms with Gasteiger partial charge in [-0.05, 0) is 18.2 Å². The highest BCUT2D eigenvalue weighted by atomic mass is 16.2. The van der Waals surface area contributed by atoms with Gasteiger partial charge in [-0.15, -0.1) is 0 Å². The number of rotatable bonds is 3. The zero-order valence-electron chi connectivity index (χ0n) is 12.5. The maximum atomic E-state index is 12.2. The van der Waals surface area contributed by atoms with Crippen LogP contribution >= 0.6 is 0 Å². The minimum Gasteiger partial charge on any atom is -0.366 e. The third-order valence-electron chi connectivity index (χ3n) is 3.59. The molecule has 1 aromatic heterocycles.